The van der Waals surface area contributed by atoms with E-state index in [4.69, 9.17) is 9.15 Å². The second-order valence-corrected chi connectivity index (χ2v) is 8.50. The van der Waals surface area contributed by atoms with Crippen molar-refractivity contribution in [2.24, 2.45) is 0 Å². The number of benzene rings is 3. The second kappa shape index (κ2) is 8.80. The van der Waals surface area contributed by atoms with Gasteiger partial charge in [-0.3, -0.25) is 8.75 Å². The van der Waals surface area contributed by atoms with Crippen molar-refractivity contribution in [1.29, 1.82) is 0 Å². The lowest BCUT2D eigenvalue weighted by Gasteiger charge is -2.13. The largest absolute Gasteiger partial charge is 0.497 e. The first-order chi connectivity index (χ1) is 15.7. The van der Waals surface area contributed by atoms with Gasteiger partial charge in [0.1, 0.15) is 11.8 Å². The van der Waals surface area contributed by atoms with Crippen LogP contribution in [0.15, 0.2) is 88.1 Å². The molecule has 0 N–H and O–H groups in total. The number of rotatable bonds is 7. The van der Waals surface area contributed by atoms with Gasteiger partial charge in [-0.05, 0) is 35.4 Å². The Morgan fingerprint density at radius 3 is 2.44 bits per heavy atom. The molecule has 160 valence electrons. The molecular formula is C25H21N3O3S. The van der Waals surface area contributed by atoms with Crippen LogP contribution >= 0.6 is 11.5 Å². The molecular weight excluding hydrogens is 422 g/mol. The van der Waals surface area contributed by atoms with E-state index in [2.05, 4.69) is 10.2 Å². The summed E-state index contributed by atoms with van der Waals surface area (Å²) in [7, 11) is 1.64. The Balaban J connectivity index is 1.50. The lowest BCUT2D eigenvalue weighted by molar-refractivity contribution is 0.399. The molecule has 0 bridgehead atoms. The van der Waals surface area contributed by atoms with Crippen molar-refractivity contribution in [1.82, 2.24) is 14.2 Å². The van der Waals surface area contributed by atoms with Crippen LogP contribution < -0.4 is 10.3 Å². The first kappa shape index (κ1) is 20.2. The molecule has 2 heterocycles. The van der Waals surface area contributed by atoms with Crippen molar-refractivity contribution in [3.8, 4) is 5.75 Å². The molecule has 0 spiro atoms. The molecule has 0 amide bonds. The Labute approximate surface area is 188 Å². The van der Waals surface area contributed by atoms with E-state index in [9.17, 15) is 4.79 Å². The molecule has 0 saturated heterocycles. The summed E-state index contributed by atoms with van der Waals surface area (Å²) in [5.74, 6) is 1.75. The molecule has 1 atom stereocenters. The van der Waals surface area contributed by atoms with Gasteiger partial charge in [-0.25, -0.2) is 0 Å². The number of hydrogen-bond acceptors (Lipinski definition) is 6. The maximum absolute atomic E-state index is 13.2. The molecule has 0 aliphatic heterocycles. The average Bonchev–Trinajstić information content (AvgIpc) is 3.43. The molecule has 3 aromatic carbocycles. The van der Waals surface area contributed by atoms with E-state index in [-0.39, 0.29) is 11.6 Å². The summed E-state index contributed by atoms with van der Waals surface area (Å²) in [6.45, 7) is 0. The summed E-state index contributed by atoms with van der Waals surface area (Å²) < 4.78 is 14.0. The molecule has 0 radical (unpaired) electrons. The Morgan fingerprint density at radius 1 is 0.938 bits per heavy atom. The summed E-state index contributed by atoms with van der Waals surface area (Å²) in [6, 6.07) is 25.0. The third-order valence-electron chi connectivity index (χ3n) is 5.35. The standard InChI is InChI=1S/C25H21N3O3S/c1-30-19-13-11-18(12-14-19)16-23-26-27-24(31-23)21(15-17-7-3-2-4-8-17)28-25(29)20-9-5-6-10-22(20)32-28/h2-14,21H,15-16H2,1H3. The van der Waals surface area contributed by atoms with Crippen LogP contribution in [0.3, 0.4) is 0 Å². The Hall–Kier alpha value is -3.71. The van der Waals surface area contributed by atoms with Crippen molar-refractivity contribution < 1.29 is 9.15 Å². The van der Waals surface area contributed by atoms with Gasteiger partial charge in [0.2, 0.25) is 11.8 Å². The quantitative estimate of drug-likeness (QED) is 0.359. The molecule has 7 heteroatoms. The topological polar surface area (TPSA) is 70.2 Å². The van der Waals surface area contributed by atoms with Gasteiger partial charge in [0.15, 0.2) is 0 Å². The van der Waals surface area contributed by atoms with Crippen molar-refractivity contribution in [3.63, 3.8) is 0 Å². The summed E-state index contributed by atoms with van der Waals surface area (Å²) in [5.41, 5.74) is 2.10. The summed E-state index contributed by atoms with van der Waals surface area (Å²) in [4.78, 5) is 13.2. The predicted octanol–water partition coefficient (Wildman–Crippen LogP) is 4.88. The number of aromatic nitrogens is 3. The minimum absolute atomic E-state index is 0.0403. The Kier molecular flexibility index (Phi) is 5.56. The highest BCUT2D eigenvalue weighted by Gasteiger charge is 2.25. The molecule has 0 aliphatic rings. The first-order valence-electron chi connectivity index (χ1n) is 10.3. The molecule has 0 fully saturated rings. The Morgan fingerprint density at radius 2 is 1.69 bits per heavy atom. The van der Waals surface area contributed by atoms with E-state index >= 15 is 0 Å². The molecule has 5 rings (SSSR count). The van der Waals surface area contributed by atoms with Gasteiger partial charge in [-0.1, -0.05) is 66.1 Å². The minimum Gasteiger partial charge on any atom is -0.497 e. The maximum atomic E-state index is 13.2. The number of hydrogen-bond donors (Lipinski definition) is 0. The minimum atomic E-state index is -0.376. The van der Waals surface area contributed by atoms with Crippen LogP contribution in [0.5, 0.6) is 5.75 Å². The van der Waals surface area contributed by atoms with Crippen LogP contribution in [0.25, 0.3) is 10.1 Å². The van der Waals surface area contributed by atoms with Crippen molar-refractivity contribution >= 4 is 21.6 Å². The molecule has 5 aromatic rings. The zero-order valence-electron chi connectivity index (χ0n) is 17.5. The van der Waals surface area contributed by atoms with Gasteiger partial charge < -0.3 is 9.15 Å². The summed E-state index contributed by atoms with van der Waals surface area (Å²) in [6.07, 6.45) is 1.09. The number of methoxy groups -OCH3 is 1. The molecule has 6 nitrogen and oxygen atoms in total. The smallest absolute Gasteiger partial charge is 0.269 e. The lowest BCUT2D eigenvalue weighted by Crippen LogP contribution is -2.22. The second-order valence-electron chi connectivity index (χ2n) is 7.48. The van der Waals surface area contributed by atoms with Crippen LogP contribution in [0.4, 0.5) is 0 Å². The molecule has 0 aliphatic carbocycles. The summed E-state index contributed by atoms with van der Waals surface area (Å²) >= 11 is 1.43. The number of nitrogens with zero attached hydrogens (tertiary/aromatic N) is 3. The van der Waals surface area contributed by atoms with Crippen LogP contribution in [0.1, 0.15) is 29.0 Å². The maximum Gasteiger partial charge on any atom is 0.269 e. The predicted molar refractivity (Wildman–Crippen MR) is 124 cm³/mol. The normalized spacial score (nSPS) is 12.2. The Bertz CT molecular complexity index is 1390. The molecule has 2 aromatic heterocycles. The number of fused-ring (bicyclic) bond motifs is 1. The SMILES string of the molecule is COc1ccc(Cc2nnc(C(Cc3ccccc3)n3sc4ccccc4c3=O)o2)cc1. The lowest BCUT2D eigenvalue weighted by atomic mass is 10.1. The highest BCUT2D eigenvalue weighted by Crippen LogP contribution is 2.27. The fraction of sp³-hybridized carbons (Fsp3) is 0.160. The van der Waals surface area contributed by atoms with E-state index < -0.39 is 0 Å². The van der Waals surface area contributed by atoms with Gasteiger partial charge in [-0.15, -0.1) is 10.2 Å². The van der Waals surface area contributed by atoms with E-state index in [1.54, 1.807) is 11.1 Å². The van der Waals surface area contributed by atoms with E-state index in [1.165, 1.54) is 11.5 Å². The third kappa shape index (κ3) is 4.07. The van der Waals surface area contributed by atoms with E-state index in [0.717, 1.165) is 21.6 Å². The van der Waals surface area contributed by atoms with Crippen LogP contribution in [-0.4, -0.2) is 21.3 Å². The van der Waals surface area contributed by atoms with Gasteiger partial charge in [0.05, 0.1) is 23.6 Å². The van der Waals surface area contributed by atoms with Crippen LogP contribution in [0, 0.1) is 0 Å². The van der Waals surface area contributed by atoms with Gasteiger partial charge in [-0.2, -0.15) is 0 Å². The molecule has 1 unspecified atom stereocenters. The zero-order valence-corrected chi connectivity index (χ0v) is 18.3. The fourth-order valence-electron chi connectivity index (χ4n) is 3.69. The zero-order chi connectivity index (χ0) is 21.9. The van der Waals surface area contributed by atoms with Crippen LogP contribution in [-0.2, 0) is 12.8 Å². The number of ether oxygens (including phenoxy) is 1. The first-order valence-corrected chi connectivity index (χ1v) is 11.1. The molecule has 0 saturated carbocycles. The van der Waals surface area contributed by atoms with Gasteiger partial charge >= 0.3 is 0 Å². The highest BCUT2D eigenvalue weighted by molar-refractivity contribution is 7.13. The fourth-order valence-corrected chi connectivity index (χ4v) is 4.77. The van der Waals surface area contributed by atoms with Crippen molar-refractivity contribution in [3.05, 3.63) is 112 Å². The van der Waals surface area contributed by atoms with Gasteiger partial charge in [0, 0.05) is 6.42 Å². The van der Waals surface area contributed by atoms with E-state index in [1.807, 2.05) is 78.9 Å². The third-order valence-corrected chi connectivity index (χ3v) is 6.52. The average molecular weight is 444 g/mol. The van der Waals surface area contributed by atoms with E-state index in [0.29, 0.717) is 30.0 Å². The monoisotopic (exact) mass is 443 g/mol. The van der Waals surface area contributed by atoms with Crippen molar-refractivity contribution in [2.45, 2.75) is 18.9 Å². The van der Waals surface area contributed by atoms with Gasteiger partial charge in [0.25, 0.3) is 5.56 Å². The highest BCUT2D eigenvalue weighted by atomic mass is 32.1. The summed E-state index contributed by atoms with van der Waals surface area (Å²) in [5, 5.41) is 9.31. The van der Waals surface area contributed by atoms with Crippen LogP contribution in [0.2, 0.25) is 0 Å². The molecule has 32 heavy (non-hydrogen) atoms. The van der Waals surface area contributed by atoms with Crippen molar-refractivity contribution in [2.75, 3.05) is 7.11 Å².